The molecular formula is C18H27N3O4. The molecular weight excluding hydrogens is 322 g/mol. The van der Waals surface area contributed by atoms with Gasteiger partial charge in [-0.1, -0.05) is 0 Å². The molecule has 25 heavy (non-hydrogen) atoms. The van der Waals surface area contributed by atoms with Crippen LogP contribution in [0.2, 0.25) is 0 Å². The number of likely N-dealkylation sites (tertiary alicyclic amines) is 1. The normalized spacial score (nSPS) is 14.2. The zero-order valence-electron chi connectivity index (χ0n) is 14.8. The number of rotatable bonds is 9. The van der Waals surface area contributed by atoms with Crippen LogP contribution in [0.3, 0.4) is 0 Å². The molecule has 7 heteroatoms. The van der Waals surface area contributed by atoms with Gasteiger partial charge in [-0.15, -0.1) is 0 Å². The Bertz CT molecular complexity index is 542. The van der Waals surface area contributed by atoms with Gasteiger partial charge in [0.25, 0.3) is 5.91 Å². The van der Waals surface area contributed by atoms with Gasteiger partial charge in [-0.05, 0) is 25.3 Å². The molecule has 1 N–H and O–H groups in total. The maximum atomic E-state index is 12.1. The number of amides is 2. The Morgan fingerprint density at radius 1 is 1.20 bits per heavy atom. The third-order valence-electron chi connectivity index (χ3n) is 4.07. The first kappa shape index (κ1) is 19.2. The van der Waals surface area contributed by atoms with Gasteiger partial charge in [-0.25, -0.2) is 4.98 Å². The van der Waals surface area contributed by atoms with E-state index in [0.29, 0.717) is 37.6 Å². The van der Waals surface area contributed by atoms with Gasteiger partial charge < -0.3 is 19.7 Å². The number of aromatic nitrogens is 1. The van der Waals surface area contributed by atoms with E-state index < -0.39 is 0 Å². The Kier molecular flexibility index (Phi) is 8.18. The van der Waals surface area contributed by atoms with Crippen LogP contribution in [0.1, 0.15) is 42.5 Å². The quantitative estimate of drug-likeness (QED) is 0.685. The van der Waals surface area contributed by atoms with E-state index in [4.69, 9.17) is 9.47 Å². The highest BCUT2D eigenvalue weighted by Gasteiger charge is 2.16. The number of carbonyl (C=O) groups excluding carboxylic acids is 2. The van der Waals surface area contributed by atoms with Crippen LogP contribution in [0.25, 0.3) is 0 Å². The first-order valence-corrected chi connectivity index (χ1v) is 8.84. The molecule has 1 aliphatic heterocycles. The van der Waals surface area contributed by atoms with E-state index in [1.807, 2.05) is 4.90 Å². The number of methoxy groups -OCH3 is 1. The Labute approximate surface area is 148 Å². The lowest BCUT2D eigenvalue weighted by molar-refractivity contribution is -0.131. The van der Waals surface area contributed by atoms with Crippen molar-refractivity contribution < 1.29 is 19.1 Å². The van der Waals surface area contributed by atoms with E-state index in [1.54, 1.807) is 19.2 Å². The molecule has 1 aromatic rings. The maximum absolute atomic E-state index is 12.1. The molecule has 0 radical (unpaired) electrons. The molecule has 1 aliphatic rings. The Balaban J connectivity index is 1.68. The van der Waals surface area contributed by atoms with Crippen molar-refractivity contribution in [3.8, 4) is 5.88 Å². The Morgan fingerprint density at radius 2 is 2.00 bits per heavy atom. The number of nitrogens with one attached hydrogen (secondary N) is 1. The Hall–Kier alpha value is -2.15. The van der Waals surface area contributed by atoms with Crippen molar-refractivity contribution in [2.45, 2.75) is 32.1 Å². The van der Waals surface area contributed by atoms with Crippen LogP contribution in [0, 0.1) is 0 Å². The minimum absolute atomic E-state index is 0.109. The zero-order valence-corrected chi connectivity index (χ0v) is 14.8. The molecule has 7 nitrogen and oxygen atoms in total. The summed E-state index contributed by atoms with van der Waals surface area (Å²) in [4.78, 5) is 30.1. The molecule has 0 bridgehead atoms. The first-order chi connectivity index (χ1) is 12.2. The standard InChI is InChI=1S/C18H27N3O4/c1-24-12-5-13-25-16-7-6-15(14-20-16)18(23)19-9-8-17(22)21-10-3-2-4-11-21/h6-7,14H,2-5,8-13H2,1H3,(H,19,23). The lowest BCUT2D eigenvalue weighted by Gasteiger charge is -2.26. The van der Waals surface area contributed by atoms with E-state index >= 15 is 0 Å². The molecule has 0 unspecified atom stereocenters. The third kappa shape index (κ3) is 6.70. The molecule has 2 rings (SSSR count). The smallest absolute Gasteiger partial charge is 0.252 e. The van der Waals surface area contributed by atoms with Gasteiger partial charge in [0.1, 0.15) is 0 Å². The van der Waals surface area contributed by atoms with Crippen LogP contribution in [-0.2, 0) is 9.53 Å². The molecule has 0 atom stereocenters. The van der Waals surface area contributed by atoms with Crippen LogP contribution < -0.4 is 10.1 Å². The molecule has 138 valence electrons. The molecule has 2 heterocycles. The number of ether oxygens (including phenoxy) is 2. The molecule has 2 amide bonds. The summed E-state index contributed by atoms with van der Waals surface area (Å²) in [6, 6.07) is 3.33. The highest BCUT2D eigenvalue weighted by molar-refractivity contribution is 5.94. The van der Waals surface area contributed by atoms with Gasteiger partial charge in [0.05, 0.1) is 12.2 Å². The summed E-state index contributed by atoms with van der Waals surface area (Å²) in [5, 5.41) is 2.76. The second-order valence-corrected chi connectivity index (χ2v) is 6.03. The summed E-state index contributed by atoms with van der Waals surface area (Å²) in [5.41, 5.74) is 0.453. The second-order valence-electron chi connectivity index (χ2n) is 6.03. The van der Waals surface area contributed by atoms with Gasteiger partial charge in [0.2, 0.25) is 11.8 Å². The van der Waals surface area contributed by atoms with E-state index in [-0.39, 0.29) is 11.8 Å². The molecule has 0 spiro atoms. The summed E-state index contributed by atoms with van der Waals surface area (Å²) in [5.74, 6) is 0.357. The summed E-state index contributed by atoms with van der Waals surface area (Å²) in [6.07, 6.45) is 5.94. The number of pyridine rings is 1. The van der Waals surface area contributed by atoms with Crippen molar-refractivity contribution in [3.05, 3.63) is 23.9 Å². The average molecular weight is 349 g/mol. The van der Waals surface area contributed by atoms with Crippen LogP contribution in [0.5, 0.6) is 5.88 Å². The number of piperidine rings is 1. The fraction of sp³-hybridized carbons (Fsp3) is 0.611. The SMILES string of the molecule is COCCCOc1ccc(C(=O)NCCC(=O)N2CCCCC2)cn1. The first-order valence-electron chi connectivity index (χ1n) is 8.84. The number of hydrogen-bond donors (Lipinski definition) is 1. The predicted octanol–water partition coefficient (Wildman–Crippen LogP) is 1.63. The summed E-state index contributed by atoms with van der Waals surface area (Å²) < 4.78 is 10.4. The van der Waals surface area contributed by atoms with Crippen molar-refractivity contribution in [2.75, 3.05) is 40.0 Å². The molecule has 1 saturated heterocycles. The van der Waals surface area contributed by atoms with Crippen molar-refractivity contribution in [1.29, 1.82) is 0 Å². The van der Waals surface area contributed by atoms with Crippen LogP contribution >= 0.6 is 0 Å². The monoisotopic (exact) mass is 349 g/mol. The van der Waals surface area contributed by atoms with E-state index in [1.165, 1.54) is 12.6 Å². The summed E-state index contributed by atoms with van der Waals surface area (Å²) >= 11 is 0. The third-order valence-corrected chi connectivity index (χ3v) is 4.07. The number of hydrogen-bond acceptors (Lipinski definition) is 5. The number of nitrogens with zero attached hydrogens (tertiary/aromatic N) is 2. The average Bonchev–Trinajstić information content (AvgIpc) is 2.66. The number of carbonyl (C=O) groups is 2. The van der Waals surface area contributed by atoms with Gasteiger partial charge in [0, 0.05) is 58.5 Å². The predicted molar refractivity (Wildman–Crippen MR) is 93.6 cm³/mol. The van der Waals surface area contributed by atoms with Crippen molar-refractivity contribution >= 4 is 11.8 Å². The largest absolute Gasteiger partial charge is 0.478 e. The topological polar surface area (TPSA) is 80.8 Å². The van der Waals surface area contributed by atoms with Crippen LogP contribution in [0.15, 0.2) is 18.3 Å². The van der Waals surface area contributed by atoms with Gasteiger partial charge in [-0.3, -0.25) is 9.59 Å². The van der Waals surface area contributed by atoms with Gasteiger partial charge in [-0.2, -0.15) is 0 Å². The van der Waals surface area contributed by atoms with Crippen LogP contribution in [0.4, 0.5) is 0 Å². The Morgan fingerprint density at radius 3 is 2.68 bits per heavy atom. The minimum Gasteiger partial charge on any atom is -0.478 e. The zero-order chi connectivity index (χ0) is 17.9. The van der Waals surface area contributed by atoms with E-state index in [2.05, 4.69) is 10.3 Å². The highest BCUT2D eigenvalue weighted by Crippen LogP contribution is 2.10. The maximum Gasteiger partial charge on any atom is 0.252 e. The highest BCUT2D eigenvalue weighted by atomic mass is 16.5. The molecule has 1 aromatic heterocycles. The van der Waals surface area contributed by atoms with Crippen molar-refractivity contribution in [1.82, 2.24) is 15.2 Å². The van der Waals surface area contributed by atoms with E-state index in [9.17, 15) is 9.59 Å². The lowest BCUT2D eigenvalue weighted by atomic mass is 10.1. The van der Waals surface area contributed by atoms with Crippen molar-refractivity contribution in [3.63, 3.8) is 0 Å². The van der Waals surface area contributed by atoms with E-state index in [0.717, 1.165) is 32.4 Å². The summed E-state index contributed by atoms with van der Waals surface area (Å²) in [6.45, 7) is 3.16. The molecule has 0 aliphatic carbocycles. The molecule has 1 fully saturated rings. The summed E-state index contributed by atoms with van der Waals surface area (Å²) in [7, 11) is 1.64. The molecule has 0 aromatic carbocycles. The van der Waals surface area contributed by atoms with Gasteiger partial charge >= 0.3 is 0 Å². The van der Waals surface area contributed by atoms with Crippen LogP contribution in [-0.4, -0.2) is 61.7 Å². The minimum atomic E-state index is -0.232. The van der Waals surface area contributed by atoms with Crippen molar-refractivity contribution in [2.24, 2.45) is 0 Å². The lowest BCUT2D eigenvalue weighted by Crippen LogP contribution is -2.37. The fourth-order valence-corrected chi connectivity index (χ4v) is 2.67. The second kappa shape index (κ2) is 10.7. The fourth-order valence-electron chi connectivity index (χ4n) is 2.67. The molecule has 0 saturated carbocycles. The van der Waals surface area contributed by atoms with Gasteiger partial charge in [0.15, 0.2) is 0 Å².